The molecule has 0 aliphatic heterocycles. The van der Waals surface area contributed by atoms with Crippen molar-refractivity contribution in [3.8, 4) is 6.07 Å². The number of nitrogens with zero attached hydrogens (tertiary/aromatic N) is 5. The van der Waals surface area contributed by atoms with Crippen LogP contribution in [0.4, 0.5) is 5.82 Å². The molecule has 8 nitrogen and oxygen atoms in total. The lowest BCUT2D eigenvalue weighted by molar-refractivity contribution is -0.391. The van der Waals surface area contributed by atoms with Crippen LogP contribution >= 0.6 is 22.9 Å². The first kappa shape index (κ1) is 18.0. The van der Waals surface area contributed by atoms with Gasteiger partial charge < -0.3 is 10.1 Å². The minimum atomic E-state index is -1.16. The van der Waals surface area contributed by atoms with Crippen molar-refractivity contribution in [2.24, 2.45) is 0 Å². The summed E-state index contributed by atoms with van der Waals surface area (Å²) >= 11 is 7.38. The molecule has 0 amide bonds. The molecule has 3 rings (SSSR count). The Kier molecular flexibility index (Phi) is 4.97. The van der Waals surface area contributed by atoms with Crippen molar-refractivity contribution in [1.82, 2.24) is 14.8 Å². The van der Waals surface area contributed by atoms with Crippen molar-refractivity contribution in [2.45, 2.75) is 25.8 Å². The lowest BCUT2D eigenvalue weighted by Crippen LogP contribution is -2.27. The highest BCUT2D eigenvalue weighted by molar-refractivity contribution is 7.18. The summed E-state index contributed by atoms with van der Waals surface area (Å²) in [4.78, 5) is 27.5. The van der Waals surface area contributed by atoms with Crippen LogP contribution in [0, 0.1) is 21.4 Å². The van der Waals surface area contributed by atoms with E-state index in [1.54, 1.807) is 19.1 Å². The Labute approximate surface area is 156 Å². The molecular weight excluding hydrogens is 378 g/mol. The Morgan fingerprint density at radius 3 is 2.81 bits per heavy atom. The molecule has 10 heteroatoms. The van der Waals surface area contributed by atoms with Gasteiger partial charge in [-0.25, -0.2) is 4.98 Å². The van der Waals surface area contributed by atoms with Gasteiger partial charge in [-0.1, -0.05) is 30.7 Å². The number of para-hydroxylation sites is 1. The van der Waals surface area contributed by atoms with Crippen LogP contribution in [0.3, 0.4) is 0 Å². The Bertz CT molecular complexity index is 1070. The Hall–Kier alpha value is -2.83. The summed E-state index contributed by atoms with van der Waals surface area (Å²) in [6.45, 7) is 2.00. The van der Waals surface area contributed by atoms with Crippen molar-refractivity contribution >= 4 is 39.0 Å². The molecule has 0 bridgehead atoms. The molecule has 0 aliphatic rings. The second kappa shape index (κ2) is 7.19. The first-order chi connectivity index (χ1) is 12.5. The van der Waals surface area contributed by atoms with E-state index in [4.69, 9.17) is 11.6 Å². The minimum absolute atomic E-state index is 0.192. The van der Waals surface area contributed by atoms with E-state index in [2.05, 4.69) is 10.1 Å². The van der Waals surface area contributed by atoms with Crippen molar-refractivity contribution in [2.75, 3.05) is 0 Å². The van der Waals surface area contributed by atoms with E-state index >= 15 is 0 Å². The zero-order chi connectivity index (χ0) is 18.8. The highest BCUT2D eigenvalue weighted by Crippen LogP contribution is 2.37. The molecule has 0 spiro atoms. The van der Waals surface area contributed by atoms with Crippen molar-refractivity contribution in [3.63, 3.8) is 0 Å². The molecule has 2 heterocycles. The Balaban J connectivity index is 2.25. The average molecular weight is 390 g/mol. The predicted octanol–water partition coefficient (Wildman–Crippen LogP) is 3.48. The number of hydrogen-bond donors (Lipinski definition) is 0. The van der Waals surface area contributed by atoms with Crippen LogP contribution in [-0.2, 0) is 6.54 Å². The third-order valence-electron chi connectivity index (χ3n) is 3.70. The molecule has 2 aromatic heterocycles. The summed E-state index contributed by atoms with van der Waals surface area (Å²) < 4.78 is 1.78. The molecule has 1 aromatic carbocycles. The van der Waals surface area contributed by atoms with Crippen LogP contribution in [0.25, 0.3) is 10.2 Å². The number of hydrogen-bond acceptors (Lipinski definition) is 7. The number of nitro groups is 1. The Morgan fingerprint density at radius 2 is 2.19 bits per heavy atom. The maximum atomic E-state index is 12.4. The summed E-state index contributed by atoms with van der Waals surface area (Å²) in [5, 5.41) is 24.9. The van der Waals surface area contributed by atoms with E-state index in [0.29, 0.717) is 16.9 Å². The van der Waals surface area contributed by atoms with E-state index in [1.165, 1.54) is 11.3 Å². The lowest BCUT2D eigenvalue weighted by atomic mass is 10.0. The van der Waals surface area contributed by atoms with Crippen LogP contribution in [0.5, 0.6) is 0 Å². The van der Waals surface area contributed by atoms with Gasteiger partial charge in [-0.15, -0.1) is 16.0 Å². The van der Waals surface area contributed by atoms with E-state index in [9.17, 15) is 20.2 Å². The molecule has 0 saturated carbocycles. The molecule has 0 fully saturated rings. The number of benzene rings is 1. The van der Waals surface area contributed by atoms with Gasteiger partial charge in [0.2, 0.25) is 0 Å². The number of thiazole rings is 1. The zero-order valence-electron chi connectivity index (χ0n) is 13.5. The van der Waals surface area contributed by atoms with Crippen LogP contribution in [-0.4, -0.2) is 19.7 Å². The van der Waals surface area contributed by atoms with Gasteiger partial charge in [0, 0.05) is 0 Å². The van der Waals surface area contributed by atoms with Crippen LogP contribution in [0.2, 0.25) is 5.02 Å². The fourth-order valence-electron chi connectivity index (χ4n) is 2.55. The summed E-state index contributed by atoms with van der Waals surface area (Å²) in [6.07, 6.45) is 0.555. The second-order valence-corrected chi connectivity index (χ2v) is 6.86. The minimum Gasteiger partial charge on any atom is -0.358 e. The number of fused-ring (bicyclic) bond motifs is 1. The number of aryl methyl sites for hydroxylation is 1. The maximum Gasteiger partial charge on any atom is 0.395 e. The highest BCUT2D eigenvalue weighted by atomic mass is 35.5. The standard InChI is InChI=1S/C16H12ClN5O3S/c1-2-7-21-16(23)13(17)12(14(20-21)22(24)25)9(8-18)15-19-10-5-3-4-6-11(10)26-15/h3-6,9H,2,7H2,1H3/t9-/m0/s1. The lowest BCUT2D eigenvalue weighted by Gasteiger charge is -2.09. The fourth-order valence-corrected chi connectivity index (χ4v) is 3.86. The van der Waals surface area contributed by atoms with Crippen molar-refractivity contribution in [1.29, 1.82) is 5.26 Å². The van der Waals surface area contributed by atoms with Crippen LogP contribution < -0.4 is 5.56 Å². The van der Waals surface area contributed by atoms with Gasteiger partial charge in [0.1, 0.15) is 21.5 Å². The van der Waals surface area contributed by atoms with E-state index in [1.807, 2.05) is 18.2 Å². The number of nitriles is 1. The molecule has 3 aromatic rings. The number of aromatic nitrogens is 3. The molecule has 0 radical (unpaired) electrons. The van der Waals surface area contributed by atoms with Gasteiger partial charge in [-0.3, -0.25) is 4.79 Å². The van der Waals surface area contributed by atoms with Gasteiger partial charge in [0.15, 0.2) is 0 Å². The highest BCUT2D eigenvalue weighted by Gasteiger charge is 2.34. The zero-order valence-corrected chi connectivity index (χ0v) is 15.1. The molecule has 0 aliphatic carbocycles. The van der Waals surface area contributed by atoms with Gasteiger partial charge in [-0.05, 0) is 23.5 Å². The molecule has 1 atom stereocenters. The molecule has 0 saturated heterocycles. The second-order valence-electron chi connectivity index (χ2n) is 5.42. The van der Waals surface area contributed by atoms with Gasteiger partial charge in [0.05, 0.1) is 27.9 Å². The van der Waals surface area contributed by atoms with Crippen molar-refractivity contribution < 1.29 is 4.92 Å². The maximum absolute atomic E-state index is 12.4. The van der Waals surface area contributed by atoms with E-state index in [-0.39, 0.29) is 17.1 Å². The van der Waals surface area contributed by atoms with Crippen molar-refractivity contribution in [3.05, 3.63) is 60.3 Å². The normalized spacial score (nSPS) is 12.0. The van der Waals surface area contributed by atoms with E-state index in [0.717, 1.165) is 9.38 Å². The summed E-state index contributed by atoms with van der Waals surface area (Å²) in [5.74, 6) is -1.76. The SMILES string of the molecule is CCCn1nc([N+](=O)[O-])c([C@H](C#N)c2nc3ccccc3s2)c(Cl)c1=O. The van der Waals surface area contributed by atoms with Crippen LogP contribution in [0.15, 0.2) is 29.1 Å². The molecular formula is C16H12ClN5O3S. The largest absolute Gasteiger partial charge is 0.395 e. The van der Waals surface area contributed by atoms with Gasteiger partial charge >= 0.3 is 11.4 Å². The van der Waals surface area contributed by atoms with E-state index < -0.39 is 22.2 Å². The molecule has 132 valence electrons. The molecule has 26 heavy (non-hydrogen) atoms. The Morgan fingerprint density at radius 1 is 1.46 bits per heavy atom. The number of halogens is 1. The summed E-state index contributed by atoms with van der Waals surface area (Å²) in [6, 6.07) is 9.22. The monoisotopic (exact) mass is 389 g/mol. The average Bonchev–Trinajstić information content (AvgIpc) is 3.05. The number of rotatable bonds is 5. The smallest absolute Gasteiger partial charge is 0.358 e. The summed E-state index contributed by atoms with van der Waals surface area (Å²) in [7, 11) is 0. The summed E-state index contributed by atoms with van der Waals surface area (Å²) in [5.41, 5.74) is -0.204. The first-order valence-electron chi connectivity index (χ1n) is 7.67. The first-order valence-corrected chi connectivity index (χ1v) is 8.87. The van der Waals surface area contributed by atoms with Gasteiger partial charge in [-0.2, -0.15) is 5.26 Å². The predicted molar refractivity (Wildman–Crippen MR) is 97.5 cm³/mol. The van der Waals surface area contributed by atoms with Crippen LogP contribution in [0.1, 0.15) is 29.8 Å². The fraction of sp³-hybridized carbons (Fsp3) is 0.250. The van der Waals surface area contributed by atoms with Gasteiger partial charge in [0.25, 0.3) is 0 Å². The quantitative estimate of drug-likeness (QED) is 0.487. The third-order valence-corrected chi connectivity index (χ3v) is 5.17. The topological polar surface area (TPSA) is 115 Å². The molecule has 0 unspecified atom stereocenters. The molecule has 0 N–H and O–H groups in total. The third kappa shape index (κ3) is 3.05.